The van der Waals surface area contributed by atoms with Gasteiger partial charge in [0.1, 0.15) is 0 Å². The number of fused-ring (bicyclic) bond motifs is 4. The summed E-state index contributed by atoms with van der Waals surface area (Å²) in [6, 6.07) is 30.7. The van der Waals surface area contributed by atoms with Gasteiger partial charge in [-0.05, 0) is 80.0 Å². The van der Waals surface area contributed by atoms with Crippen LogP contribution in [0, 0.1) is 6.92 Å². The molecule has 5 aromatic rings. The molecular weight excluding hydrogens is 474 g/mol. The zero-order chi connectivity index (χ0) is 27.5. The van der Waals surface area contributed by atoms with Crippen molar-refractivity contribution in [1.82, 2.24) is 4.90 Å². The number of nitrogens with zero attached hydrogens (tertiary/aromatic N) is 1. The predicted molar refractivity (Wildman–Crippen MR) is 168 cm³/mol. The predicted octanol–water partition coefficient (Wildman–Crippen LogP) is 9.43. The molecule has 0 aliphatic heterocycles. The molecule has 0 saturated heterocycles. The van der Waals surface area contributed by atoms with Crippen LogP contribution in [0.1, 0.15) is 54.9 Å². The largest absolute Gasteiger partial charge is 0.342 e. The molecule has 0 radical (unpaired) electrons. The van der Waals surface area contributed by atoms with Crippen molar-refractivity contribution in [1.29, 1.82) is 0 Å². The van der Waals surface area contributed by atoms with E-state index in [-0.39, 0.29) is 17.9 Å². The summed E-state index contributed by atoms with van der Waals surface area (Å²) < 4.78 is 0. The lowest BCUT2D eigenvalue weighted by Gasteiger charge is -2.37. The summed E-state index contributed by atoms with van der Waals surface area (Å²) in [5.41, 5.74) is 4.95. The van der Waals surface area contributed by atoms with Crippen LogP contribution in [0.5, 0.6) is 0 Å². The molecular formula is C37H37NO. The lowest BCUT2D eigenvalue weighted by Crippen LogP contribution is -2.41. The second-order valence-corrected chi connectivity index (χ2v) is 10.4. The fraction of sp³-hybridized carbons (Fsp3) is 0.216. The van der Waals surface area contributed by atoms with Crippen molar-refractivity contribution >= 4 is 44.3 Å². The molecule has 0 bridgehead atoms. The van der Waals surface area contributed by atoms with Gasteiger partial charge in [0.25, 0.3) is 0 Å². The van der Waals surface area contributed by atoms with Gasteiger partial charge in [-0.2, -0.15) is 0 Å². The van der Waals surface area contributed by atoms with E-state index in [1.54, 1.807) is 0 Å². The van der Waals surface area contributed by atoms with Gasteiger partial charge in [0.05, 0.1) is 0 Å². The second kappa shape index (κ2) is 11.3. The highest BCUT2D eigenvalue weighted by molar-refractivity contribution is 6.09. The van der Waals surface area contributed by atoms with E-state index in [1.165, 1.54) is 54.6 Å². The van der Waals surface area contributed by atoms with Gasteiger partial charge in [-0.3, -0.25) is 4.79 Å². The molecule has 2 nitrogen and oxygen atoms in total. The minimum absolute atomic E-state index is 0.0153. The Morgan fingerprint density at radius 2 is 1.38 bits per heavy atom. The van der Waals surface area contributed by atoms with E-state index >= 15 is 0 Å². The molecule has 0 aromatic heterocycles. The number of benzene rings is 5. The average molecular weight is 512 g/mol. The molecule has 0 N–H and O–H groups in total. The van der Waals surface area contributed by atoms with E-state index in [9.17, 15) is 4.79 Å². The Hall–Kier alpha value is -4.17. The number of carbonyl (C=O) groups excluding carboxylic acids is 1. The van der Waals surface area contributed by atoms with Crippen LogP contribution < -0.4 is 0 Å². The van der Waals surface area contributed by atoms with Crippen LogP contribution in [0.25, 0.3) is 38.4 Å². The molecule has 0 spiro atoms. The molecule has 0 aliphatic carbocycles. The van der Waals surface area contributed by atoms with Crippen molar-refractivity contribution in [3.8, 4) is 0 Å². The van der Waals surface area contributed by atoms with Crippen LogP contribution in [0.15, 0.2) is 104 Å². The zero-order valence-electron chi connectivity index (χ0n) is 23.4. The van der Waals surface area contributed by atoms with Gasteiger partial charge in [0.2, 0.25) is 5.91 Å². The van der Waals surface area contributed by atoms with E-state index in [1.807, 2.05) is 31.0 Å². The third kappa shape index (κ3) is 4.76. The number of amides is 1. The molecule has 2 heteroatoms. The lowest BCUT2D eigenvalue weighted by molar-refractivity contribution is -0.131. The van der Waals surface area contributed by atoms with Gasteiger partial charge in [0.15, 0.2) is 0 Å². The van der Waals surface area contributed by atoms with Crippen molar-refractivity contribution in [2.45, 2.75) is 45.6 Å². The average Bonchev–Trinajstić information content (AvgIpc) is 2.98. The summed E-state index contributed by atoms with van der Waals surface area (Å²) in [5.74, 6) is 0.135. The van der Waals surface area contributed by atoms with Gasteiger partial charge in [-0.15, -0.1) is 0 Å². The van der Waals surface area contributed by atoms with E-state index in [0.717, 1.165) is 6.42 Å². The number of likely N-dealkylation sites (N-methyl/N-ethyl adjacent to an activating group) is 1. The third-order valence-corrected chi connectivity index (χ3v) is 8.26. The van der Waals surface area contributed by atoms with Crippen LogP contribution in [0.3, 0.4) is 0 Å². The van der Waals surface area contributed by atoms with E-state index in [0.29, 0.717) is 6.42 Å². The topological polar surface area (TPSA) is 20.3 Å². The van der Waals surface area contributed by atoms with Crippen molar-refractivity contribution in [3.63, 3.8) is 0 Å². The van der Waals surface area contributed by atoms with E-state index in [2.05, 4.69) is 111 Å². The second-order valence-electron chi connectivity index (χ2n) is 10.4. The summed E-state index contributed by atoms with van der Waals surface area (Å²) in [7, 11) is 1.98. The van der Waals surface area contributed by atoms with Gasteiger partial charge in [0, 0.05) is 25.4 Å². The highest BCUT2D eigenvalue weighted by atomic mass is 16.2. The molecule has 0 aliphatic rings. The Morgan fingerprint density at radius 1 is 0.821 bits per heavy atom. The first kappa shape index (κ1) is 26.4. The highest BCUT2D eigenvalue weighted by Crippen LogP contribution is 2.43. The van der Waals surface area contributed by atoms with Crippen molar-refractivity contribution in [2.24, 2.45) is 0 Å². The maximum atomic E-state index is 13.2. The van der Waals surface area contributed by atoms with Gasteiger partial charge in [-0.25, -0.2) is 0 Å². The van der Waals surface area contributed by atoms with Gasteiger partial charge in [-0.1, -0.05) is 111 Å². The van der Waals surface area contributed by atoms with Crippen LogP contribution in [-0.4, -0.2) is 23.9 Å². The fourth-order valence-corrected chi connectivity index (χ4v) is 6.30. The number of hydrogen-bond donors (Lipinski definition) is 0. The molecule has 0 heterocycles. The van der Waals surface area contributed by atoms with Gasteiger partial charge < -0.3 is 4.90 Å². The van der Waals surface area contributed by atoms with Crippen molar-refractivity contribution in [3.05, 3.63) is 126 Å². The third-order valence-electron chi connectivity index (χ3n) is 8.26. The Labute approximate surface area is 232 Å². The van der Waals surface area contributed by atoms with Crippen LogP contribution in [0.2, 0.25) is 0 Å². The first-order chi connectivity index (χ1) is 19.0. The molecule has 1 unspecified atom stereocenters. The molecule has 5 rings (SSSR count). The minimum Gasteiger partial charge on any atom is -0.342 e. The highest BCUT2D eigenvalue weighted by Gasteiger charge is 2.32. The maximum absolute atomic E-state index is 13.2. The smallest absolute Gasteiger partial charge is 0.222 e. The Balaban J connectivity index is 1.93. The zero-order valence-corrected chi connectivity index (χ0v) is 23.4. The lowest BCUT2D eigenvalue weighted by atomic mass is 9.76. The standard InChI is InChI=1S/C37H37NO/c1-6-9-18-29-25(4)28-19-12-10-16-26(28)23-33(29)37(35(7-2)38(5)36(39)8-3)34-24-27-17-11-13-20-30(27)31-21-14-15-22-32(31)34/h6,9-24,35,37H,1,7-8H2,2-5H3/b18-9-/t35?,37-/m1/s1. The van der Waals surface area contributed by atoms with E-state index < -0.39 is 0 Å². The monoisotopic (exact) mass is 511 g/mol. The quantitative estimate of drug-likeness (QED) is 0.150. The number of aryl methyl sites for hydroxylation is 1. The Morgan fingerprint density at radius 3 is 2.03 bits per heavy atom. The summed E-state index contributed by atoms with van der Waals surface area (Å²) in [6.45, 7) is 10.3. The normalized spacial score (nSPS) is 13.2. The van der Waals surface area contributed by atoms with Gasteiger partial charge >= 0.3 is 0 Å². The number of rotatable bonds is 8. The number of allylic oxidation sites excluding steroid dienone is 2. The van der Waals surface area contributed by atoms with Crippen molar-refractivity contribution < 1.29 is 4.79 Å². The SMILES string of the molecule is C=C/C=C\c1c([C@H](c2cc3ccccc3c3ccccc23)C(CC)N(C)C(=O)CC)cc2ccccc2c1C. The van der Waals surface area contributed by atoms with Crippen LogP contribution in [0.4, 0.5) is 0 Å². The molecule has 39 heavy (non-hydrogen) atoms. The molecule has 5 aromatic carbocycles. The maximum Gasteiger partial charge on any atom is 0.222 e. The fourth-order valence-electron chi connectivity index (χ4n) is 6.30. The first-order valence-corrected chi connectivity index (χ1v) is 14.0. The Kier molecular flexibility index (Phi) is 7.65. The van der Waals surface area contributed by atoms with Crippen LogP contribution in [-0.2, 0) is 4.79 Å². The van der Waals surface area contributed by atoms with Crippen LogP contribution >= 0.6 is 0 Å². The summed E-state index contributed by atoms with van der Waals surface area (Å²) in [5, 5.41) is 7.42. The molecule has 0 saturated carbocycles. The van der Waals surface area contributed by atoms with Crippen molar-refractivity contribution in [2.75, 3.05) is 7.05 Å². The first-order valence-electron chi connectivity index (χ1n) is 14.0. The summed E-state index contributed by atoms with van der Waals surface area (Å²) >= 11 is 0. The molecule has 0 fully saturated rings. The number of hydrogen-bond acceptors (Lipinski definition) is 1. The Bertz CT molecular complexity index is 1710. The molecule has 1 amide bonds. The van der Waals surface area contributed by atoms with E-state index in [4.69, 9.17) is 0 Å². The minimum atomic E-state index is -0.0298. The number of carbonyl (C=O) groups is 1. The molecule has 2 atom stereocenters. The summed E-state index contributed by atoms with van der Waals surface area (Å²) in [6.07, 6.45) is 7.37. The summed E-state index contributed by atoms with van der Waals surface area (Å²) in [4.78, 5) is 15.2. The molecule has 196 valence electrons.